The second-order valence-electron chi connectivity index (χ2n) is 5.01. The number of hydrogen-bond donors (Lipinski definition) is 0. The maximum absolute atomic E-state index is 12.1. The monoisotopic (exact) mass is 295 g/mol. The van der Waals surface area contributed by atoms with E-state index in [0.717, 1.165) is 31.2 Å². The fraction of sp³-hybridized carbons (Fsp3) is 0.467. The lowest BCUT2D eigenvalue weighted by Crippen LogP contribution is -2.41. The molecule has 108 valence electrons. The molecule has 0 aromatic heterocycles. The van der Waals surface area contributed by atoms with Gasteiger partial charge in [-0.05, 0) is 18.4 Å². The lowest BCUT2D eigenvalue weighted by atomic mass is 9.94. The summed E-state index contributed by atoms with van der Waals surface area (Å²) >= 11 is 5.15. The minimum absolute atomic E-state index is 0.118. The highest BCUT2D eigenvalue weighted by atomic mass is 35.5. The first-order valence-corrected chi connectivity index (χ1v) is 7.26. The van der Waals surface area contributed by atoms with Crippen LogP contribution in [0, 0.1) is 0 Å². The van der Waals surface area contributed by atoms with Gasteiger partial charge in [-0.3, -0.25) is 0 Å². The van der Waals surface area contributed by atoms with Gasteiger partial charge in [0.25, 0.3) is 0 Å². The van der Waals surface area contributed by atoms with Crippen LogP contribution < -0.4 is 0 Å². The first kappa shape index (κ1) is 14.9. The second kappa shape index (κ2) is 7.29. The molecule has 1 aliphatic carbocycles. The summed E-state index contributed by atoms with van der Waals surface area (Å²) < 4.78 is 4.55. The highest BCUT2D eigenvalue weighted by molar-refractivity contribution is 6.61. The van der Waals surface area contributed by atoms with Gasteiger partial charge in [0, 0.05) is 24.2 Å². The van der Waals surface area contributed by atoms with Crippen molar-refractivity contribution in [3.05, 3.63) is 35.9 Å². The van der Waals surface area contributed by atoms with Gasteiger partial charge in [0.15, 0.2) is 0 Å². The second-order valence-corrected chi connectivity index (χ2v) is 5.32. The number of rotatable bonds is 3. The zero-order valence-electron chi connectivity index (χ0n) is 11.3. The van der Waals surface area contributed by atoms with Crippen molar-refractivity contribution in [3.63, 3.8) is 0 Å². The van der Waals surface area contributed by atoms with Crippen LogP contribution >= 0.6 is 11.6 Å². The summed E-state index contributed by atoms with van der Waals surface area (Å²) in [4.78, 5) is 24.5. The molecule has 0 N–H and O–H groups in total. The Balaban J connectivity index is 2.10. The molecular weight excluding hydrogens is 278 g/mol. The van der Waals surface area contributed by atoms with Crippen LogP contribution in [0.5, 0.6) is 0 Å². The Bertz CT molecular complexity index is 457. The van der Waals surface area contributed by atoms with E-state index in [0.29, 0.717) is 6.54 Å². The van der Waals surface area contributed by atoms with Gasteiger partial charge in [0.1, 0.15) is 0 Å². The Kier molecular flexibility index (Phi) is 5.41. The molecule has 0 saturated heterocycles. The van der Waals surface area contributed by atoms with E-state index in [9.17, 15) is 9.59 Å². The third kappa shape index (κ3) is 4.23. The van der Waals surface area contributed by atoms with Crippen molar-refractivity contribution in [1.29, 1.82) is 0 Å². The summed E-state index contributed by atoms with van der Waals surface area (Å²) in [5.41, 5.74) is -0.0686. The molecule has 1 aromatic rings. The van der Waals surface area contributed by atoms with Gasteiger partial charge in [0.2, 0.25) is 0 Å². The largest absolute Gasteiger partial charge is 0.418 e. The summed E-state index contributed by atoms with van der Waals surface area (Å²) in [5.74, 6) is 0. The van der Waals surface area contributed by atoms with Crippen LogP contribution in [0.1, 0.15) is 37.7 Å². The number of benzene rings is 1. The molecule has 0 atom stereocenters. The lowest BCUT2D eigenvalue weighted by Gasteiger charge is -2.33. The smallest absolute Gasteiger partial charge is 0.364 e. The molecular formula is C15H18ClNO3. The molecule has 4 nitrogen and oxygen atoms in total. The number of carbonyl (C=O) groups excluding carboxylic acids is 2. The highest BCUT2D eigenvalue weighted by Gasteiger charge is 2.27. The summed E-state index contributed by atoms with van der Waals surface area (Å²) in [6.07, 6.45) is 4.62. The molecule has 5 heteroatoms. The maximum Gasteiger partial charge on any atom is 0.418 e. The van der Waals surface area contributed by atoms with E-state index in [1.807, 2.05) is 30.3 Å². The quantitative estimate of drug-likeness (QED) is 0.616. The third-order valence-corrected chi connectivity index (χ3v) is 3.69. The van der Waals surface area contributed by atoms with Gasteiger partial charge < -0.3 is 9.64 Å². The zero-order valence-corrected chi connectivity index (χ0v) is 12.0. The standard InChI is InChI=1S/C15H18ClNO3/c16-14(18)20-15(19)17(13-9-5-2-6-10-13)11-12-7-3-1-4-8-12/h1,3-4,7-8,13H,2,5-6,9-11H2. The number of hydrogen-bond acceptors (Lipinski definition) is 3. The topological polar surface area (TPSA) is 46.6 Å². The minimum Gasteiger partial charge on any atom is -0.364 e. The molecule has 0 heterocycles. The fourth-order valence-corrected chi connectivity index (χ4v) is 2.71. The Morgan fingerprint density at radius 2 is 1.80 bits per heavy atom. The predicted octanol–water partition coefficient (Wildman–Crippen LogP) is 4.32. The molecule has 2 rings (SSSR count). The van der Waals surface area contributed by atoms with Crippen molar-refractivity contribution in [2.45, 2.75) is 44.7 Å². The van der Waals surface area contributed by atoms with Gasteiger partial charge in [-0.15, -0.1) is 0 Å². The third-order valence-electron chi connectivity index (χ3n) is 3.61. The van der Waals surface area contributed by atoms with Gasteiger partial charge >= 0.3 is 11.5 Å². The van der Waals surface area contributed by atoms with Gasteiger partial charge in [-0.1, -0.05) is 49.6 Å². The van der Waals surface area contributed by atoms with Crippen LogP contribution in [0.4, 0.5) is 9.59 Å². The first-order chi connectivity index (χ1) is 9.66. The number of halogens is 1. The molecule has 0 radical (unpaired) electrons. The van der Waals surface area contributed by atoms with Gasteiger partial charge in [0.05, 0.1) is 0 Å². The van der Waals surface area contributed by atoms with Crippen LogP contribution in [-0.2, 0) is 11.3 Å². The van der Waals surface area contributed by atoms with E-state index in [4.69, 9.17) is 11.6 Å². The normalized spacial score (nSPS) is 15.7. The SMILES string of the molecule is O=C(Cl)OC(=O)N(Cc1ccccc1)C1CCCCC1. The molecule has 1 saturated carbocycles. The number of amides is 1. The molecule has 1 amide bonds. The van der Waals surface area contributed by atoms with Crippen LogP contribution in [0.2, 0.25) is 0 Å². The van der Waals surface area contributed by atoms with Gasteiger partial charge in [-0.2, -0.15) is 0 Å². The van der Waals surface area contributed by atoms with Crippen molar-refractivity contribution in [1.82, 2.24) is 4.90 Å². The van der Waals surface area contributed by atoms with Crippen LogP contribution in [-0.4, -0.2) is 22.5 Å². The van der Waals surface area contributed by atoms with E-state index in [-0.39, 0.29) is 6.04 Å². The van der Waals surface area contributed by atoms with Crippen molar-refractivity contribution in [3.8, 4) is 0 Å². The summed E-state index contributed by atoms with van der Waals surface area (Å²) in [6.45, 7) is 0.439. The highest BCUT2D eigenvalue weighted by Crippen LogP contribution is 2.25. The first-order valence-electron chi connectivity index (χ1n) is 6.88. The van der Waals surface area contributed by atoms with E-state index in [1.54, 1.807) is 4.90 Å². The van der Waals surface area contributed by atoms with E-state index >= 15 is 0 Å². The van der Waals surface area contributed by atoms with Crippen LogP contribution in [0.3, 0.4) is 0 Å². The van der Waals surface area contributed by atoms with Crippen molar-refractivity contribution in [2.24, 2.45) is 0 Å². The number of nitrogens with zero attached hydrogens (tertiary/aromatic N) is 1. The van der Waals surface area contributed by atoms with E-state index < -0.39 is 11.5 Å². The molecule has 0 bridgehead atoms. The molecule has 1 fully saturated rings. The molecule has 0 spiro atoms. The van der Waals surface area contributed by atoms with Crippen LogP contribution in [0.15, 0.2) is 30.3 Å². The minimum atomic E-state index is -1.08. The Morgan fingerprint density at radius 3 is 2.40 bits per heavy atom. The van der Waals surface area contributed by atoms with E-state index in [2.05, 4.69) is 4.74 Å². The van der Waals surface area contributed by atoms with Crippen molar-refractivity contribution in [2.75, 3.05) is 0 Å². The summed E-state index contributed by atoms with van der Waals surface area (Å²) in [6, 6.07) is 9.79. The zero-order chi connectivity index (χ0) is 14.4. The molecule has 1 aliphatic rings. The van der Waals surface area contributed by atoms with E-state index in [1.165, 1.54) is 6.42 Å². The molecule has 20 heavy (non-hydrogen) atoms. The lowest BCUT2D eigenvalue weighted by molar-refractivity contribution is 0.0977. The summed E-state index contributed by atoms with van der Waals surface area (Å²) in [5, 5.41) is 0. The van der Waals surface area contributed by atoms with Crippen LogP contribution in [0.25, 0.3) is 0 Å². The molecule has 0 unspecified atom stereocenters. The Hall–Kier alpha value is -1.55. The average Bonchev–Trinajstić information content (AvgIpc) is 2.46. The number of carbonyl (C=O) groups is 2. The fourth-order valence-electron chi connectivity index (χ4n) is 2.64. The maximum atomic E-state index is 12.1. The predicted molar refractivity (Wildman–Crippen MR) is 76.6 cm³/mol. The summed E-state index contributed by atoms with van der Waals surface area (Å²) in [7, 11) is 0. The molecule has 0 aliphatic heterocycles. The number of ether oxygens (including phenoxy) is 1. The van der Waals surface area contributed by atoms with Gasteiger partial charge in [-0.25, -0.2) is 9.59 Å². The Labute approximate surface area is 123 Å². The van der Waals surface area contributed by atoms with Crippen molar-refractivity contribution < 1.29 is 14.3 Å². The van der Waals surface area contributed by atoms with Crippen molar-refractivity contribution >= 4 is 23.1 Å². The average molecular weight is 296 g/mol. The Morgan fingerprint density at radius 1 is 1.15 bits per heavy atom. The molecule has 1 aromatic carbocycles.